The summed E-state index contributed by atoms with van der Waals surface area (Å²) in [5.74, 6) is -0.452. The molecule has 0 aromatic carbocycles. The summed E-state index contributed by atoms with van der Waals surface area (Å²) in [6.07, 6.45) is 4.88. The van der Waals surface area contributed by atoms with Crippen LogP contribution in [0.25, 0.3) is 0 Å². The Morgan fingerprint density at radius 3 is 2.89 bits per heavy atom. The Bertz CT molecular complexity index is 796. The molecular formula is C16H24FN2O7P. The third-order valence-electron chi connectivity index (χ3n) is 5.43. The molecule has 2 aliphatic heterocycles. The van der Waals surface area contributed by atoms with Gasteiger partial charge in [-0.1, -0.05) is 0 Å². The second kappa shape index (κ2) is 7.69. The molecule has 4 rings (SSSR count). The number of aromatic amines is 1. The number of aromatic nitrogens is 2. The van der Waals surface area contributed by atoms with Crippen LogP contribution in [0.5, 0.6) is 0 Å². The third-order valence-corrected chi connectivity index (χ3v) is 7.13. The Kier molecular flexibility index (Phi) is 5.46. The van der Waals surface area contributed by atoms with Crippen molar-refractivity contribution in [3.63, 3.8) is 0 Å². The second-order valence-corrected chi connectivity index (χ2v) is 9.15. The van der Waals surface area contributed by atoms with Crippen molar-refractivity contribution in [2.45, 2.75) is 57.0 Å². The van der Waals surface area contributed by atoms with Gasteiger partial charge in [-0.3, -0.25) is 0 Å². The number of fused-ring (bicyclic) bond motifs is 1. The molecule has 0 radical (unpaired) electrons. The van der Waals surface area contributed by atoms with Crippen molar-refractivity contribution in [3.8, 4) is 0 Å². The molecule has 3 atom stereocenters. The molecule has 0 amide bonds. The summed E-state index contributed by atoms with van der Waals surface area (Å²) in [4.78, 5) is 35.5. The summed E-state index contributed by atoms with van der Waals surface area (Å²) < 4.78 is 36.8. The molecule has 152 valence electrons. The first-order chi connectivity index (χ1) is 12.9. The van der Waals surface area contributed by atoms with Crippen LogP contribution < -0.4 is 11.2 Å². The van der Waals surface area contributed by atoms with Crippen LogP contribution in [-0.2, 0) is 18.3 Å². The van der Waals surface area contributed by atoms with Gasteiger partial charge in [0, 0.05) is 0 Å². The zero-order valence-electron chi connectivity index (χ0n) is 14.8. The van der Waals surface area contributed by atoms with E-state index in [0.717, 1.165) is 17.2 Å². The Balaban J connectivity index is 1.37. The minimum atomic E-state index is -3.76. The van der Waals surface area contributed by atoms with Crippen molar-refractivity contribution >= 4 is 8.17 Å². The molecule has 3 fully saturated rings. The minimum absolute atomic E-state index is 0.0634. The van der Waals surface area contributed by atoms with E-state index in [0.29, 0.717) is 12.5 Å². The Morgan fingerprint density at radius 1 is 1.33 bits per heavy atom. The van der Waals surface area contributed by atoms with Crippen molar-refractivity contribution < 1.29 is 27.6 Å². The fraction of sp³-hybridized carbons (Fsp3) is 0.750. The molecular weight excluding hydrogens is 382 g/mol. The average molecular weight is 406 g/mol. The van der Waals surface area contributed by atoms with Crippen molar-refractivity contribution in [3.05, 3.63) is 32.9 Å². The van der Waals surface area contributed by atoms with Crippen molar-refractivity contribution in [2.75, 3.05) is 13.2 Å². The number of H-pyrrole nitrogens is 1. The van der Waals surface area contributed by atoms with Crippen LogP contribution in [0.1, 0.15) is 44.8 Å². The Hall–Kier alpha value is -1.16. The number of nitrogens with one attached hydrogen (secondary N) is 1. The normalized spacial score (nSPS) is 31.7. The van der Waals surface area contributed by atoms with Crippen LogP contribution >= 0.6 is 8.17 Å². The van der Waals surface area contributed by atoms with E-state index in [-0.39, 0.29) is 13.0 Å². The number of hydrogen-bond donors (Lipinski definition) is 2. The van der Waals surface area contributed by atoms with Crippen LogP contribution in [0, 0.1) is 11.7 Å². The SMILES string of the molecule is O=c1[nH]c(=O)n([C@H]2C[C@@H]3O[PH](O)(OCCC4CCCC4)OC[C@H]3O2)cc1F. The van der Waals surface area contributed by atoms with Crippen molar-refractivity contribution in [1.29, 1.82) is 0 Å². The predicted octanol–water partition coefficient (Wildman–Crippen LogP) is 1.38. The van der Waals surface area contributed by atoms with Crippen LogP contribution in [0.4, 0.5) is 4.39 Å². The molecule has 3 heterocycles. The summed E-state index contributed by atoms with van der Waals surface area (Å²) >= 11 is 0. The molecule has 1 aliphatic carbocycles. The molecule has 1 aromatic rings. The van der Waals surface area contributed by atoms with Gasteiger partial charge in [-0.25, -0.2) is 0 Å². The molecule has 11 heteroatoms. The summed E-state index contributed by atoms with van der Waals surface area (Å²) in [6, 6.07) is 0. The van der Waals surface area contributed by atoms with Gasteiger partial charge in [-0.05, 0) is 0 Å². The number of halogens is 1. The fourth-order valence-electron chi connectivity index (χ4n) is 3.96. The van der Waals surface area contributed by atoms with Gasteiger partial charge in [0.15, 0.2) is 0 Å². The summed E-state index contributed by atoms with van der Waals surface area (Å²) in [5.41, 5.74) is -1.85. The van der Waals surface area contributed by atoms with E-state index in [1.807, 2.05) is 4.98 Å². The topological polar surface area (TPSA) is 112 Å². The van der Waals surface area contributed by atoms with Gasteiger partial charge in [-0.2, -0.15) is 0 Å². The maximum atomic E-state index is 13.5. The van der Waals surface area contributed by atoms with Crippen molar-refractivity contribution in [2.24, 2.45) is 5.92 Å². The molecule has 1 aromatic heterocycles. The van der Waals surface area contributed by atoms with Gasteiger partial charge < -0.3 is 0 Å². The van der Waals surface area contributed by atoms with E-state index in [1.54, 1.807) is 0 Å². The van der Waals surface area contributed by atoms with Crippen LogP contribution in [-0.4, -0.2) is 39.9 Å². The first-order valence-electron chi connectivity index (χ1n) is 9.28. The second-order valence-electron chi connectivity index (χ2n) is 7.29. The molecule has 0 unspecified atom stereocenters. The van der Waals surface area contributed by atoms with E-state index in [1.165, 1.54) is 25.7 Å². The standard InChI is InChI=1S/C16H24FN2O7P/c17-11-8-19(16(21)18-15(11)20)14-7-12-13(25-14)9-24-27(22,26-12)23-6-5-10-3-1-2-4-10/h8,10,12-14,22,27H,1-7,9H2,(H,18,20,21)/t12-,13+,14+/m0/s1. The fourth-order valence-corrected chi connectivity index (χ4v) is 5.56. The third kappa shape index (κ3) is 4.16. The molecule has 3 aliphatic rings. The predicted molar refractivity (Wildman–Crippen MR) is 93.7 cm³/mol. The molecule has 0 spiro atoms. The van der Waals surface area contributed by atoms with Gasteiger partial charge >= 0.3 is 154 Å². The van der Waals surface area contributed by atoms with Crippen LogP contribution in [0.15, 0.2) is 15.8 Å². The molecule has 1 saturated carbocycles. The first kappa shape index (κ1) is 19.2. The number of nitrogens with zero attached hydrogens (tertiary/aromatic N) is 1. The summed E-state index contributed by atoms with van der Waals surface area (Å²) in [6.45, 7) is 0.438. The zero-order valence-corrected chi connectivity index (χ0v) is 15.8. The number of hydrogen-bond acceptors (Lipinski definition) is 7. The summed E-state index contributed by atoms with van der Waals surface area (Å²) in [5, 5.41) is 0. The van der Waals surface area contributed by atoms with Crippen LogP contribution in [0.3, 0.4) is 0 Å². The van der Waals surface area contributed by atoms with E-state index in [4.69, 9.17) is 18.3 Å². The summed E-state index contributed by atoms with van der Waals surface area (Å²) in [7, 11) is -3.76. The van der Waals surface area contributed by atoms with E-state index < -0.39 is 43.7 Å². The average Bonchev–Trinajstić information content (AvgIpc) is 3.27. The van der Waals surface area contributed by atoms with Gasteiger partial charge in [0.2, 0.25) is 0 Å². The molecule has 9 nitrogen and oxygen atoms in total. The van der Waals surface area contributed by atoms with Crippen LogP contribution in [0.2, 0.25) is 0 Å². The monoisotopic (exact) mass is 406 g/mol. The zero-order chi connectivity index (χ0) is 19.0. The van der Waals surface area contributed by atoms with Gasteiger partial charge in [0.05, 0.1) is 0 Å². The number of ether oxygens (including phenoxy) is 1. The quantitative estimate of drug-likeness (QED) is 0.711. The Labute approximate surface area is 155 Å². The maximum absolute atomic E-state index is 13.5. The molecule has 27 heavy (non-hydrogen) atoms. The molecule has 2 saturated heterocycles. The molecule has 2 N–H and O–H groups in total. The van der Waals surface area contributed by atoms with E-state index >= 15 is 0 Å². The number of rotatable bonds is 5. The van der Waals surface area contributed by atoms with Gasteiger partial charge in [0.25, 0.3) is 0 Å². The van der Waals surface area contributed by atoms with E-state index in [2.05, 4.69) is 0 Å². The van der Waals surface area contributed by atoms with Gasteiger partial charge in [0.1, 0.15) is 0 Å². The first-order valence-corrected chi connectivity index (χ1v) is 11.0. The van der Waals surface area contributed by atoms with E-state index in [9.17, 15) is 18.9 Å². The Morgan fingerprint density at radius 2 is 2.11 bits per heavy atom. The molecule has 0 bridgehead atoms. The van der Waals surface area contributed by atoms with Gasteiger partial charge in [-0.15, -0.1) is 0 Å². The van der Waals surface area contributed by atoms with Crippen molar-refractivity contribution in [1.82, 2.24) is 9.55 Å².